The van der Waals surface area contributed by atoms with Gasteiger partial charge in [0, 0.05) is 24.8 Å². The highest BCUT2D eigenvalue weighted by Crippen LogP contribution is 2.14. The number of rotatable bonds is 3. The molecule has 0 saturated carbocycles. The molecule has 1 aliphatic heterocycles. The molecule has 7 heteroatoms. The molecular weight excluding hydrogens is 240 g/mol. The van der Waals surface area contributed by atoms with Gasteiger partial charge in [-0.05, 0) is 26.1 Å². The number of pyridine rings is 1. The van der Waals surface area contributed by atoms with Crippen molar-refractivity contribution in [3.63, 3.8) is 0 Å². The molecule has 0 spiro atoms. The van der Waals surface area contributed by atoms with E-state index >= 15 is 0 Å². The van der Waals surface area contributed by atoms with E-state index in [1.54, 1.807) is 0 Å². The van der Waals surface area contributed by atoms with Gasteiger partial charge in [-0.3, -0.25) is 0 Å². The summed E-state index contributed by atoms with van der Waals surface area (Å²) in [4.78, 5) is 6.03. The van der Waals surface area contributed by atoms with Gasteiger partial charge in [-0.25, -0.2) is 18.1 Å². The largest absolute Gasteiger partial charge is 0.384 e. The van der Waals surface area contributed by atoms with E-state index in [0.29, 0.717) is 0 Å². The van der Waals surface area contributed by atoms with Crippen LogP contribution >= 0.6 is 0 Å². The molecule has 1 unspecified atom stereocenters. The summed E-state index contributed by atoms with van der Waals surface area (Å²) in [7, 11) is -1.52. The Kier molecular flexibility index (Phi) is 3.32. The Hall–Kier alpha value is -1.18. The van der Waals surface area contributed by atoms with Crippen LogP contribution in [0.4, 0.5) is 5.82 Å². The summed E-state index contributed by atoms with van der Waals surface area (Å²) < 4.78 is 26.7. The van der Waals surface area contributed by atoms with Gasteiger partial charge < -0.3 is 10.6 Å². The van der Waals surface area contributed by atoms with Crippen molar-refractivity contribution in [3.05, 3.63) is 18.3 Å². The number of nitrogens with two attached hydrogens (primary N) is 1. The van der Waals surface area contributed by atoms with Gasteiger partial charge in [-0.15, -0.1) is 0 Å². The van der Waals surface area contributed by atoms with Crippen molar-refractivity contribution >= 4 is 15.8 Å². The van der Waals surface area contributed by atoms with E-state index in [4.69, 9.17) is 5.73 Å². The standard InChI is InChI=1S/C10H16N4O2S/c1-14-5-3-8(7-14)13-17(15,16)9-2-4-12-10(11)6-9/h2,4,6,8,13H,3,5,7H2,1H3,(H2,11,12). The zero-order chi connectivity index (χ0) is 12.5. The lowest BCUT2D eigenvalue weighted by molar-refractivity contribution is 0.407. The Bertz CT molecular complexity index is 503. The Morgan fingerprint density at radius 1 is 1.59 bits per heavy atom. The van der Waals surface area contributed by atoms with Gasteiger partial charge in [-0.2, -0.15) is 0 Å². The van der Waals surface area contributed by atoms with Gasteiger partial charge in [0.25, 0.3) is 0 Å². The molecule has 0 aromatic carbocycles. The molecule has 94 valence electrons. The number of hydrogen-bond donors (Lipinski definition) is 2. The summed E-state index contributed by atoms with van der Waals surface area (Å²) >= 11 is 0. The van der Waals surface area contributed by atoms with Crippen LogP contribution in [-0.2, 0) is 10.0 Å². The zero-order valence-electron chi connectivity index (χ0n) is 9.63. The van der Waals surface area contributed by atoms with Gasteiger partial charge >= 0.3 is 0 Å². The summed E-state index contributed by atoms with van der Waals surface area (Å²) in [6.45, 7) is 1.64. The molecule has 3 N–H and O–H groups in total. The number of nitrogens with one attached hydrogen (secondary N) is 1. The number of sulfonamides is 1. The minimum Gasteiger partial charge on any atom is -0.384 e. The third-order valence-corrected chi connectivity index (χ3v) is 4.29. The molecule has 17 heavy (non-hydrogen) atoms. The number of anilines is 1. The molecule has 6 nitrogen and oxygen atoms in total. The molecule has 0 bridgehead atoms. The topological polar surface area (TPSA) is 88.3 Å². The lowest BCUT2D eigenvalue weighted by Gasteiger charge is -2.13. The second-order valence-electron chi connectivity index (χ2n) is 4.29. The van der Waals surface area contributed by atoms with Gasteiger partial charge in [0.2, 0.25) is 10.0 Å². The maximum atomic E-state index is 12.0. The average molecular weight is 256 g/mol. The second-order valence-corrected chi connectivity index (χ2v) is 6.00. The van der Waals surface area contributed by atoms with Crippen LogP contribution in [0, 0.1) is 0 Å². The zero-order valence-corrected chi connectivity index (χ0v) is 10.4. The summed E-state index contributed by atoms with van der Waals surface area (Å²) in [5.74, 6) is 0.205. The fourth-order valence-corrected chi connectivity index (χ4v) is 3.20. The molecule has 0 aliphatic carbocycles. The monoisotopic (exact) mass is 256 g/mol. The fourth-order valence-electron chi connectivity index (χ4n) is 1.91. The third kappa shape index (κ3) is 2.93. The van der Waals surface area contributed by atoms with E-state index in [9.17, 15) is 8.42 Å². The van der Waals surface area contributed by atoms with Crippen LogP contribution in [0.25, 0.3) is 0 Å². The van der Waals surface area contributed by atoms with Crippen LogP contribution in [0.3, 0.4) is 0 Å². The van der Waals surface area contributed by atoms with Crippen LogP contribution in [-0.4, -0.2) is 44.5 Å². The molecule has 1 aromatic heterocycles. The number of aromatic nitrogens is 1. The molecule has 0 amide bonds. The van der Waals surface area contributed by atoms with E-state index in [1.165, 1.54) is 18.3 Å². The number of nitrogens with zero attached hydrogens (tertiary/aromatic N) is 2. The first-order valence-electron chi connectivity index (χ1n) is 5.40. The maximum absolute atomic E-state index is 12.0. The van der Waals surface area contributed by atoms with Crippen molar-refractivity contribution in [1.29, 1.82) is 0 Å². The fraction of sp³-hybridized carbons (Fsp3) is 0.500. The number of likely N-dealkylation sites (tertiary alicyclic amines) is 1. The molecule has 0 radical (unpaired) electrons. The van der Waals surface area contributed by atoms with Crippen molar-refractivity contribution in [2.45, 2.75) is 17.4 Å². The smallest absolute Gasteiger partial charge is 0.241 e. The third-order valence-electron chi connectivity index (χ3n) is 2.78. The van der Waals surface area contributed by atoms with Gasteiger partial charge in [0.1, 0.15) is 5.82 Å². The van der Waals surface area contributed by atoms with Crippen molar-refractivity contribution < 1.29 is 8.42 Å². The van der Waals surface area contributed by atoms with Crippen LogP contribution in [0.2, 0.25) is 0 Å². The van der Waals surface area contributed by atoms with Gasteiger partial charge in [0.05, 0.1) is 4.90 Å². The summed E-state index contributed by atoms with van der Waals surface area (Å²) in [6.07, 6.45) is 2.22. The van der Waals surface area contributed by atoms with E-state index in [0.717, 1.165) is 19.5 Å². The molecule has 1 atom stereocenters. The van der Waals surface area contributed by atoms with Crippen molar-refractivity contribution in [3.8, 4) is 0 Å². The molecule has 2 rings (SSSR count). The summed E-state index contributed by atoms with van der Waals surface area (Å²) in [5.41, 5.74) is 5.47. The first-order chi connectivity index (χ1) is 7.97. The van der Waals surface area contributed by atoms with E-state index in [1.807, 2.05) is 7.05 Å². The Balaban J connectivity index is 2.14. The lowest BCUT2D eigenvalue weighted by Crippen LogP contribution is -2.36. The van der Waals surface area contributed by atoms with Crippen LogP contribution in [0.5, 0.6) is 0 Å². The van der Waals surface area contributed by atoms with Crippen LogP contribution < -0.4 is 10.5 Å². The molecular formula is C10H16N4O2S. The highest BCUT2D eigenvalue weighted by molar-refractivity contribution is 7.89. The highest BCUT2D eigenvalue weighted by atomic mass is 32.2. The Morgan fingerprint density at radius 2 is 2.35 bits per heavy atom. The quantitative estimate of drug-likeness (QED) is 0.771. The first kappa shape index (κ1) is 12.3. The number of nitrogen functional groups attached to an aromatic ring is 1. The minimum absolute atomic E-state index is 0.0283. The lowest BCUT2D eigenvalue weighted by atomic mass is 10.3. The average Bonchev–Trinajstić information content (AvgIpc) is 2.63. The van der Waals surface area contributed by atoms with Gasteiger partial charge in [0.15, 0.2) is 0 Å². The van der Waals surface area contributed by atoms with E-state index in [-0.39, 0.29) is 16.8 Å². The second kappa shape index (κ2) is 4.59. The van der Waals surface area contributed by atoms with Crippen LogP contribution in [0.1, 0.15) is 6.42 Å². The predicted octanol–water partition coefficient (Wildman–Crippen LogP) is -0.354. The van der Waals surface area contributed by atoms with E-state index in [2.05, 4.69) is 14.6 Å². The molecule has 2 heterocycles. The first-order valence-corrected chi connectivity index (χ1v) is 6.88. The molecule has 1 saturated heterocycles. The molecule has 1 aliphatic rings. The maximum Gasteiger partial charge on any atom is 0.241 e. The Morgan fingerprint density at radius 3 is 2.94 bits per heavy atom. The predicted molar refractivity (Wildman–Crippen MR) is 64.9 cm³/mol. The molecule has 1 fully saturated rings. The number of hydrogen-bond acceptors (Lipinski definition) is 5. The van der Waals surface area contributed by atoms with Crippen molar-refractivity contribution in [1.82, 2.24) is 14.6 Å². The Labute approximate surface area is 101 Å². The van der Waals surface area contributed by atoms with Crippen molar-refractivity contribution in [2.24, 2.45) is 0 Å². The van der Waals surface area contributed by atoms with Crippen molar-refractivity contribution in [2.75, 3.05) is 25.9 Å². The minimum atomic E-state index is -3.49. The van der Waals surface area contributed by atoms with Crippen LogP contribution in [0.15, 0.2) is 23.2 Å². The molecule has 1 aromatic rings. The summed E-state index contributed by atoms with van der Waals surface area (Å²) in [5, 5.41) is 0. The SMILES string of the molecule is CN1CCC(NS(=O)(=O)c2ccnc(N)c2)C1. The normalized spacial score (nSPS) is 21.8. The highest BCUT2D eigenvalue weighted by Gasteiger charge is 2.25. The summed E-state index contributed by atoms with van der Waals surface area (Å²) in [6, 6.07) is 2.78. The van der Waals surface area contributed by atoms with Gasteiger partial charge in [-0.1, -0.05) is 0 Å². The number of likely N-dealkylation sites (N-methyl/N-ethyl adjacent to an activating group) is 1. The van der Waals surface area contributed by atoms with E-state index < -0.39 is 10.0 Å².